The van der Waals surface area contributed by atoms with Crippen molar-refractivity contribution in [2.24, 2.45) is 5.92 Å². The molecule has 0 aromatic heterocycles. The molecule has 0 radical (unpaired) electrons. The summed E-state index contributed by atoms with van der Waals surface area (Å²) in [7, 11) is 1.59. The van der Waals surface area contributed by atoms with Crippen LogP contribution in [0.3, 0.4) is 0 Å². The lowest BCUT2D eigenvalue weighted by molar-refractivity contribution is -0.116. The Morgan fingerprint density at radius 3 is 2.48 bits per heavy atom. The van der Waals surface area contributed by atoms with Crippen molar-refractivity contribution in [3.05, 3.63) is 41.5 Å². The van der Waals surface area contributed by atoms with Crippen LogP contribution in [-0.4, -0.2) is 38.6 Å². The lowest BCUT2D eigenvalue weighted by atomic mass is 10.1. The van der Waals surface area contributed by atoms with Gasteiger partial charge in [-0.3, -0.25) is 9.59 Å². The van der Waals surface area contributed by atoms with Gasteiger partial charge in [-0.05, 0) is 36.1 Å². The van der Waals surface area contributed by atoms with Crippen molar-refractivity contribution < 1.29 is 14.3 Å². The molecule has 5 nitrogen and oxygen atoms in total. The summed E-state index contributed by atoms with van der Waals surface area (Å²) < 4.78 is 5.43. The van der Waals surface area contributed by atoms with Crippen LogP contribution in [-0.2, 0) is 9.53 Å². The number of carbonyl (C=O) groups excluding carboxylic acids is 2. The van der Waals surface area contributed by atoms with Gasteiger partial charge in [-0.15, -0.1) is 0 Å². The maximum Gasteiger partial charge on any atom is 0.251 e. The highest BCUT2D eigenvalue weighted by Gasteiger charge is 2.01. The van der Waals surface area contributed by atoms with Gasteiger partial charge >= 0.3 is 0 Å². The lowest BCUT2D eigenvalue weighted by Gasteiger charge is -2.06. The number of rotatable bonds is 9. The Bertz CT molecular complexity index is 522. The molecule has 1 aromatic carbocycles. The van der Waals surface area contributed by atoms with Crippen molar-refractivity contribution in [2.45, 2.75) is 20.3 Å². The zero-order valence-electron chi connectivity index (χ0n) is 14.1. The maximum atomic E-state index is 11.7. The zero-order chi connectivity index (χ0) is 17.1. The van der Waals surface area contributed by atoms with Crippen molar-refractivity contribution >= 4 is 17.9 Å². The number of nitrogens with one attached hydrogen (secondary N) is 2. The molecular weight excluding hydrogens is 292 g/mol. The van der Waals surface area contributed by atoms with Crippen molar-refractivity contribution in [1.29, 1.82) is 0 Å². The third-order valence-electron chi connectivity index (χ3n) is 3.21. The van der Waals surface area contributed by atoms with E-state index >= 15 is 0 Å². The molecule has 0 aliphatic heterocycles. The van der Waals surface area contributed by atoms with E-state index in [1.165, 1.54) is 6.08 Å². The van der Waals surface area contributed by atoms with Gasteiger partial charge in [0.2, 0.25) is 5.91 Å². The van der Waals surface area contributed by atoms with Crippen LogP contribution in [0.25, 0.3) is 6.08 Å². The molecule has 0 heterocycles. The van der Waals surface area contributed by atoms with Crippen molar-refractivity contribution in [1.82, 2.24) is 10.6 Å². The molecule has 1 rings (SSSR count). The van der Waals surface area contributed by atoms with Crippen molar-refractivity contribution in [3.63, 3.8) is 0 Å². The molecule has 0 spiro atoms. The molecule has 0 atom stereocenters. The Hall–Kier alpha value is -2.14. The first-order valence-electron chi connectivity index (χ1n) is 7.88. The smallest absolute Gasteiger partial charge is 0.251 e. The van der Waals surface area contributed by atoms with Crippen LogP contribution in [0.1, 0.15) is 36.2 Å². The summed E-state index contributed by atoms with van der Waals surface area (Å²) in [4.78, 5) is 23.1. The van der Waals surface area contributed by atoms with Gasteiger partial charge < -0.3 is 15.4 Å². The molecule has 23 heavy (non-hydrogen) atoms. The molecule has 2 N–H and O–H groups in total. The second-order valence-electron chi connectivity index (χ2n) is 5.62. The average molecular weight is 318 g/mol. The number of carbonyl (C=O) groups is 2. The molecule has 0 unspecified atom stereocenters. The van der Waals surface area contributed by atoms with E-state index in [4.69, 9.17) is 4.74 Å². The Morgan fingerprint density at radius 1 is 1.17 bits per heavy atom. The van der Waals surface area contributed by atoms with Gasteiger partial charge in [-0.25, -0.2) is 0 Å². The fraction of sp³-hybridized carbons (Fsp3) is 0.444. The molecular formula is C18H26N2O3. The second kappa shape index (κ2) is 10.6. The van der Waals surface area contributed by atoms with Crippen LogP contribution >= 0.6 is 0 Å². The van der Waals surface area contributed by atoms with Crippen molar-refractivity contribution in [3.8, 4) is 0 Å². The quantitative estimate of drug-likeness (QED) is 0.542. The van der Waals surface area contributed by atoms with E-state index in [0.717, 1.165) is 18.6 Å². The molecule has 0 aliphatic rings. The molecule has 0 bridgehead atoms. The second-order valence-corrected chi connectivity index (χ2v) is 5.62. The van der Waals surface area contributed by atoms with E-state index in [1.54, 1.807) is 37.4 Å². The van der Waals surface area contributed by atoms with E-state index in [-0.39, 0.29) is 11.8 Å². The van der Waals surface area contributed by atoms with E-state index < -0.39 is 0 Å². The summed E-state index contributed by atoms with van der Waals surface area (Å²) in [5.41, 5.74) is 1.45. The first-order chi connectivity index (χ1) is 11.0. The van der Waals surface area contributed by atoms with Crippen LogP contribution in [0, 0.1) is 5.92 Å². The SMILES string of the molecule is CNC(=O)c1ccc(C=CC(=O)NCCOCCC(C)C)cc1. The molecule has 0 fully saturated rings. The normalized spacial score (nSPS) is 11.0. The minimum Gasteiger partial charge on any atom is -0.380 e. The van der Waals surface area contributed by atoms with Gasteiger partial charge in [0, 0.05) is 31.8 Å². The van der Waals surface area contributed by atoms with E-state index in [9.17, 15) is 9.59 Å². The number of benzene rings is 1. The summed E-state index contributed by atoms with van der Waals surface area (Å²) in [6, 6.07) is 7.03. The van der Waals surface area contributed by atoms with Crippen LogP contribution in [0.2, 0.25) is 0 Å². The summed E-state index contributed by atoms with van der Waals surface area (Å²) in [5.74, 6) is 0.339. The van der Waals surface area contributed by atoms with Crippen LogP contribution in [0.15, 0.2) is 30.3 Å². The standard InChI is InChI=1S/C18H26N2O3/c1-14(2)10-12-23-13-11-20-17(21)9-6-15-4-7-16(8-5-15)18(22)19-3/h4-9,14H,10-13H2,1-3H3,(H,19,22)(H,20,21). The predicted molar refractivity (Wildman–Crippen MR) is 92.1 cm³/mol. The lowest BCUT2D eigenvalue weighted by Crippen LogP contribution is -2.25. The summed E-state index contributed by atoms with van der Waals surface area (Å²) in [6.45, 7) is 6.04. The highest BCUT2D eigenvalue weighted by Crippen LogP contribution is 2.06. The first-order valence-corrected chi connectivity index (χ1v) is 7.88. The van der Waals surface area contributed by atoms with Gasteiger partial charge in [0.1, 0.15) is 0 Å². The van der Waals surface area contributed by atoms with Crippen molar-refractivity contribution in [2.75, 3.05) is 26.8 Å². The average Bonchev–Trinajstić information content (AvgIpc) is 2.55. The molecule has 1 aromatic rings. The Balaban J connectivity index is 2.28. The topological polar surface area (TPSA) is 67.4 Å². The molecule has 0 saturated carbocycles. The van der Waals surface area contributed by atoms with Crippen LogP contribution < -0.4 is 10.6 Å². The highest BCUT2D eigenvalue weighted by atomic mass is 16.5. The fourth-order valence-electron chi connectivity index (χ4n) is 1.79. The van der Waals surface area contributed by atoms with E-state index in [0.29, 0.717) is 24.6 Å². The summed E-state index contributed by atoms with van der Waals surface area (Å²) >= 11 is 0. The Morgan fingerprint density at radius 2 is 1.87 bits per heavy atom. The minimum absolute atomic E-state index is 0.129. The van der Waals surface area contributed by atoms with Gasteiger partial charge in [0.05, 0.1) is 6.61 Å². The van der Waals surface area contributed by atoms with Gasteiger partial charge in [0.25, 0.3) is 5.91 Å². The molecule has 126 valence electrons. The Kier molecular flexibility index (Phi) is 8.68. The number of amides is 2. The Labute approximate surface area is 138 Å². The highest BCUT2D eigenvalue weighted by molar-refractivity contribution is 5.94. The number of hydrogen-bond donors (Lipinski definition) is 2. The van der Waals surface area contributed by atoms with Gasteiger partial charge in [-0.2, -0.15) is 0 Å². The van der Waals surface area contributed by atoms with E-state index in [2.05, 4.69) is 24.5 Å². The molecule has 0 saturated heterocycles. The third-order valence-corrected chi connectivity index (χ3v) is 3.21. The van der Waals surface area contributed by atoms with E-state index in [1.807, 2.05) is 0 Å². The first kappa shape index (κ1) is 18.9. The summed E-state index contributed by atoms with van der Waals surface area (Å²) in [6.07, 6.45) is 4.21. The van der Waals surface area contributed by atoms with Gasteiger partial charge in [-0.1, -0.05) is 26.0 Å². The van der Waals surface area contributed by atoms with Gasteiger partial charge in [0.15, 0.2) is 0 Å². The van der Waals surface area contributed by atoms with Crippen LogP contribution in [0.4, 0.5) is 0 Å². The number of hydrogen-bond acceptors (Lipinski definition) is 3. The maximum absolute atomic E-state index is 11.7. The third kappa shape index (κ3) is 8.16. The number of ether oxygens (including phenoxy) is 1. The monoisotopic (exact) mass is 318 g/mol. The minimum atomic E-state index is -0.159. The largest absolute Gasteiger partial charge is 0.380 e. The summed E-state index contributed by atoms with van der Waals surface area (Å²) in [5, 5.41) is 5.33. The zero-order valence-corrected chi connectivity index (χ0v) is 14.1. The molecule has 0 aliphatic carbocycles. The van der Waals surface area contributed by atoms with Crippen LogP contribution in [0.5, 0.6) is 0 Å². The fourth-order valence-corrected chi connectivity index (χ4v) is 1.79. The predicted octanol–water partition coefficient (Wildman–Crippen LogP) is 2.24. The molecule has 2 amide bonds. The molecule has 5 heteroatoms.